The van der Waals surface area contributed by atoms with Gasteiger partial charge in [0.05, 0.1) is 0 Å². The fourth-order valence-electron chi connectivity index (χ4n) is 1.57. The average molecular weight is 203 g/mol. The predicted molar refractivity (Wildman–Crippen MR) is 68.5 cm³/mol. The van der Waals surface area contributed by atoms with Crippen LogP contribution in [0.3, 0.4) is 0 Å². The normalized spacial score (nSPS) is 10.0. The molecular formula is C14H21N. The van der Waals surface area contributed by atoms with Crippen molar-refractivity contribution in [2.24, 2.45) is 0 Å². The lowest BCUT2D eigenvalue weighted by Gasteiger charge is -2.19. The summed E-state index contributed by atoms with van der Waals surface area (Å²) in [5, 5.41) is 0. The van der Waals surface area contributed by atoms with Gasteiger partial charge in [0, 0.05) is 19.3 Å². The van der Waals surface area contributed by atoms with E-state index in [0.29, 0.717) is 0 Å². The number of unbranched alkanes of at least 4 members (excludes halogenated alkanes) is 2. The van der Waals surface area contributed by atoms with Gasteiger partial charge in [-0.2, -0.15) is 0 Å². The minimum atomic E-state index is 1.12. The van der Waals surface area contributed by atoms with Gasteiger partial charge < -0.3 is 4.90 Å². The molecule has 0 saturated carbocycles. The number of allylic oxidation sites excluding steroid dienone is 1. The van der Waals surface area contributed by atoms with E-state index >= 15 is 0 Å². The van der Waals surface area contributed by atoms with Crippen LogP contribution in [-0.4, -0.2) is 13.6 Å². The largest absolute Gasteiger partial charge is 0.375 e. The van der Waals surface area contributed by atoms with E-state index in [0.717, 1.165) is 13.0 Å². The van der Waals surface area contributed by atoms with Gasteiger partial charge in [-0.25, -0.2) is 0 Å². The number of benzene rings is 1. The molecule has 0 aliphatic carbocycles. The van der Waals surface area contributed by atoms with Crippen molar-refractivity contribution in [2.45, 2.75) is 26.2 Å². The van der Waals surface area contributed by atoms with Crippen LogP contribution in [0.5, 0.6) is 0 Å². The van der Waals surface area contributed by atoms with E-state index in [1.165, 1.54) is 24.1 Å². The van der Waals surface area contributed by atoms with E-state index < -0.39 is 0 Å². The fraction of sp³-hybridized carbons (Fsp3) is 0.429. The van der Waals surface area contributed by atoms with Crippen LogP contribution in [0.25, 0.3) is 0 Å². The van der Waals surface area contributed by atoms with Gasteiger partial charge in [-0.05, 0) is 38.3 Å². The molecule has 1 heteroatoms. The zero-order valence-electron chi connectivity index (χ0n) is 9.87. The van der Waals surface area contributed by atoms with Crippen molar-refractivity contribution in [1.82, 2.24) is 0 Å². The lowest BCUT2D eigenvalue weighted by Crippen LogP contribution is -2.18. The standard InChI is InChI=1S/C14H21N/c1-4-5-6-7-12-15(3)14-10-8-13(2)9-11-14/h4,8-11H,1,5-7,12H2,2-3H3. The Hall–Kier alpha value is -1.24. The highest BCUT2D eigenvalue weighted by Gasteiger charge is 1.98. The average Bonchev–Trinajstić information content (AvgIpc) is 2.25. The Bertz CT molecular complexity index is 287. The molecule has 1 nitrogen and oxygen atoms in total. The van der Waals surface area contributed by atoms with Gasteiger partial charge in [-0.3, -0.25) is 0 Å². The molecule has 0 aliphatic rings. The fourth-order valence-corrected chi connectivity index (χ4v) is 1.57. The van der Waals surface area contributed by atoms with Gasteiger partial charge in [-0.15, -0.1) is 6.58 Å². The quantitative estimate of drug-likeness (QED) is 0.502. The Morgan fingerprint density at radius 3 is 2.47 bits per heavy atom. The molecule has 0 heterocycles. The smallest absolute Gasteiger partial charge is 0.0363 e. The third-order valence-corrected chi connectivity index (χ3v) is 2.63. The van der Waals surface area contributed by atoms with Crippen molar-refractivity contribution < 1.29 is 0 Å². The van der Waals surface area contributed by atoms with Crippen LogP contribution < -0.4 is 4.90 Å². The van der Waals surface area contributed by atoms with Crippen molar-refractivity contribution in [3.05, 3.63) is 42.5 Å². The zero-order valence-corrected chi connectivity index (χ0v) is 9.87. The molecule has 0 radical (unpaired) electrons. The van der Waals surface area contributed by atoms with Crippen LogP contribution in [0.4, 0.5) is 5.69 Å². The molecular weight excluding hydrogens is 182 g/mol. The molecule has 0 bridgehead atoms. The maximum atomic E-state index is 3.73. The molecule has 0 aromatic heterocycles. The molecule has 1 rings (SSSR count). The first-order valence-electron chi connectivity index (χ1n) is 5.62. The van der Waals surface area contributed by atoms with Crippen LogP contribution in [0.1, 0.15) is 24.8 Å². The van der Waals surface area contributed by atoms with Gasteiger partial charge in [0.25, 0.3) is 0 Å². The summed E-state index contributed by atoms with van der Waals surface area (Å²) in [5.74, 6) is 0. The number of nitrogens with zero attached hydrogens (tertiary/aromatic N) is 1. The Morgan fingerprint density at radius 1 is 1.20 bits per heavy atom. The number of aryl methyl sites for hydroxylation is 1. The number of hydrogen-bond acceptors (Lipinski definition) is 1. The summed E-state index contributed by atoms with van der Waals surface area (Å²) < 4.78 is 0. The maximum absolute atomic E-state index is 3.73. The first-order chi connectivity index (χ1) is 7.24. The molecule has 0 amide bonds. The molecule has 0 N–H and O–H groups in total. The third-order valence-electron chi connectivity index (χ3n) is 2.63. The van der Waals surface area contributed by atoms with Crippen LogP contribution in [0, 0.1) is 6.92 Å². The Labute approximate surface area is 93.4 Å². The lowest BCUT2D eigenvalue weighted by atomic mass is 10.2. The van der Waals surface area contributed by atoms with Crippen LogP contribution >= 0.6 is 0 Å². The van der Waals surface area contributed by atoms with E-state index in [4.69, 9.17) is 0 Å². The second-order valence-electron chi connectivity index (χ2n) is 4.04. The van der Waals surface area contributed by atoms with E-state index in [1.807, 2.05) is 6.08 Å². The zero-order chi connectivity index (χ0) is 11.1. The Kier molecular flexibility index (Phi) is 4.96. The van der Waals surface area contributed by atoms with Crippen molar-refractivity contribution >= 4 is 5.69 Å². The summed E-state index contributed by atoms with van der Waals surface area (Å²) in [6.45, 7) is 6.97. The molecule has 0 atom stereocenters. The van der Waals surface area contributed by atoms with Crippen molar-refractivity contribution in [3.8, 4) is 0 Å². The van der Waals surface area contributed by atoms with Crippen LogP contribution in [0.15, 0.2) is 36.9 Å². The molecule has 1 aromatic rings. The summed E-state index contributed by atoms with van der Waals surface area (Å²) in [6.07, 6.45) is 5.59. The topological polar surface area (TPSA) is 3.24 Å². The molecule has 15 heavy (non-hydrogen) atoms. The van der Waals surface area contributed by atoms with Crippen LogP contribution in [0.2, 0.25) is 0 Å². The van der Waals surface area contributed by atoms with E-state index in [9.17, 15) is 0 Å². The first-order valence-corrected chi connectivity index (χ1v) is 5.62. The molecule has 82 valence electrons. The minimum absolute atomic E-state index is 1.12. The summed E-state index contributed by atoms with van der Waals surface area (Å²) >= 11 is 0. The minimum Gasteiger partial charge on any atom is -0.375 e. The highest BCUT2D eigenvalue weighted by Crippen LogP contribution is 2.14. The number of rotatable bonds is 6. The summed E-state index contributed by atoms with van der Waals surface area (Å²) in [5.41, 5.74) is 2.62. The van der Waals surface area contributed by atoms with Gasteiger partial charge in [-0.1, -0.05) is 23.8 Å². The number of hydrogen-bond donors (Lipinski definition) is 0. The molecule has 0 unspecified atom stereocenters. The monoisotopic (exact) mass is 203 g/mol. The lowest BCUT2D eigenvalue weighted by molar-refractivity contribution is 0.730. The third kappa shape index (κ3) is 4.20. The van der Waals surface area contributed by atoms with Crippen LogP contribution in [-0.2, 0) is 0 Å². The highest BCUT2D eigenvalue weighted by molar-refractivity contribution is 5.46. The predicted octanol–water partition coefficient (Wildman–Crippen LogP) is 3.79. The maximum Gasteiger partial charge on any atom is 0.0363 e. The summed E-state index contributed by atoms with van der Waals surface area (Å²) in [7, 11) is 2.15. The van der Waals surface area contributed by atoms with Gasteiger partial charge in [0.1, 0.15) is 0 Å². The van der Waals surface area contributed by atoms with E-state index in [1.54, 1.807) is 0 Å². The van der Waals surface area contributed by atoms with Crippen molar-refractivity contribution in [2.75, 3.05) is 18.5 Å². The van der Waals surface area contributed by atoms with E-state index in [-0.39, 0.29) is 0 Å². The molecule has 0 aliphatic heterocycles. The molecule has 0 fully saturated rings. The molecule has 0 spiro atoms. The van der Waals surface area contributed by atoms with Gasteiger partial charge in [0.2, 0.25) is 0 Å². The first kappa shape index (κ1) is 11.8. The Balaban J connectivity index is 2.36. The van der Waals surface area contributed by atoms with E-state index in [2.05, 4.69) is 49.7 Å². The second kappa shape index (κ2) is 6.28. The molecule has 1 aromatic carbocycles. The summed E-state index contributed by atoms with van der Waals surface area (Å²) in [4.78, 5) is 2.31. The Morgan fingerprint density at radius 2 is 1.87 bits per heavy atom. The van der Waals surface area contributed by atoms with Crippen molar-refractivity contribution in [1.29, 1.82) is 0 Å². The highest BCUT2D eigenvalue weighted by atomic mass is 15.1. The van der Waals surface area contributed by atoms with Gasteiger partial charge >= 0.3 is 0 Å². The SMILES string of the molecule is C=CCCCCN(C)c1ccc(C)cc1. The van der Waals surface area contributed by atoms with Gasteiger partial charge in [0.15, 0.2) is 0 Å². The van der Waals surface area contributed by atoms with Crippen molar-refractivity contribution in [3.63, 3.8) is 0 Å². The second-order valence-corrected chi connectivity index (χ2v) is 4.04. The summed E-state index contributed by atoms with van der Waals surface area (Å²) in [6, 6.07) is 8.69. The number of anilines is 1. The molecule has 0 saturated heterocycles.